The number of carbonyl (C=O) groups excluding carboxylic acids is 2. The van der Waals surface area contributed by atoms with E-state index in [1.807, 2.05) is 25.1 Å². The molecule has 3 heterocycles. The predicted molar refractivity (Wildman–Crippen MR) is 112 cm³/mol. The molecule has 0 spiro atoms. The van der Waals surface area contributed by atoms with Crippen LogP contribution in [0.1, 0.15) is 35.3 Å². The molecule has 0 bridgehead atoms. The van der Waals surface area contributed by atoms with Gasteiger partial charge in [0.1, 0.15) is 5.76 Å². The Morgan fingerprint density at radius 1 is 1.00 bits per heavy atom. The minimum absolute atomic E-state index is 0.0754. The summed E-state index contributed by atoms with van der Waals surface area (Å²) in [6, 6.07) is 15.5. The minimum Gasteiger partial charge on any atom is -0.507 e. The number of nitrogens with zero attached hydrogens (tertiary/aromatic N) is 3. The SMILES string of the molecule is CCc1ccc(/C(O)=C2\C(=O)C(=O)N(Cc3ccccn3)C2c2ccncc2)cc1. The number of rotatable bonds is 5. The number of amides is 1. The molecule has 1 N–H and O–H groups in total. The summed E-state index contributed by atoms with van der Waals surface area (Å²) in [6.45, 7) is 2.20. The molecule has 1 aliphatic rings. The zero-order valence-corrected chi connectivity index (χ0v) is 16.5. The van der Waals surface area contributed by atoms with E-state index in [0.29, 0.717) is 16.8 Å². The number of hydrogen-bond acceptors (Lipinski definition) is 5. The highest BCUT2D eigenvalue weighted by Crippen LogP contribution is 2.39. The van der Waals surface area contributed by atoms with Crippen LogP contribution in [0.2, 0.25) is 0 Å². The number of carbonyl (C=O) groups is 2. The van der Waals surface area contributed by atoms with Crippen LogP contribution in [0.5, 0.6) is 0 Å². The Bertz CT molecular complexity index is 1090. The molecule has 3 aromatic rings. The minimum atomic E-state index is -0.721. The number of aryl methyl sites for hydroxylation is 1. The molecule has 4 rings (SSSR count). The molecule has 6 nitrogen and oxygen atoms in total. The first kappa shape index (κ1) is 19.5. The largest absolute Gasteiger partial charge is 0.507 e. The summed E-state index contributed by atoms with van der Waals surface area (Å²) in [5.74, 6) is -1.54. The molecule has 1 aromatic carbocycles. The number of pyridine rings is 2. The summed E-state index contributed by atoms with van der Waals surface area (Å²) in [5.41, 5.74) is 3.05. The highest BCUT2D eigenvalue weighted by atomic mass is 16.3. The maximum Gasteiger partial charge on any atom is 0.296 e. The van der Waals surface area contributed by atoms with E-state index in [4.69, 9.17) is 0 Å². The van der Waals surface area contributed by atoms with Gasteiger partial charge in [0.15, 0.2) is 0 Å². The molecule has 2 aromatic heterocycles. The highest BCUT2D eigenvalue weighted by molar-refractivity contribution is 6.46. The first-order chi connectivity index (χ1) is 14.6. The van der Waals surface area contributed by atoms with Gasteiger partial charge in [0, 0.05) is 24.2 Å². The summed E-state index contributed by atoms with van der Waals surface area (Å²) >= 11 is 0. The van der Waals surface area contributed by atoms with Gasteiger partial charge in [0.25, 0.3) is 11.7 Å². The Kier molecular flexibility index (Phi) is 5.39. The van der Waals surface area contributed by atoms with Crippen LogP contribution in [-0.2, 0) is 22.6 Å². The Hall–Kier alpha value is -3.80. The van der Waals surface area contributed by atoms with E-state index in [1.165, 1.54) is 4.90 Å². The summed E-state index contributed by atoms with van der Waals surface area (Å²) < 4.78 is 0. The van der Waals surface area contributed by atoms with Crippen molar-refractivity contribution in [3.8, 4) is 0 Å². The number of aliphatic hydroxyl groups excluding tert-OH is 1. The van der Waals surface area contributed by atoms with Gasteiger partial charge in [0.05, 0.1) is 23.9 Å². The fraction of sp³-hybridized carbons (Fsp3) is 0.167. The number of aliphatic hydroxyl groups is 1. The van der Waals surface area contributed by atoms with Crippen LogP contribution in [0.3, 0.4) is 0 Å². The lowest BCUT2D eigenvalue weighted by atomic mass is 9.95. The van der Waals surface area contributed by atoms with Crippen LogP contribution in [-0.4, -0.2) is 31.7 Å². The van der Waals surface area contributed by atoms with E-state index in [1.54, 1.807) is 55.0 Å². The van der Waals surface area contributed by atoms with Crippen molar-refractivity contribution in [3.05, 3.63) is 101 Å². The highest BCUT2D eigenvalue weighted by Gasteiger charge is 2.46. The molecule has 1 saturated heterocycles. The molecular weight excluding hydrogens is 378 g/mol. The second kappa shape index (κ2) is 8.29. The summed E-state index contributed by atoms with van der Waals surface area (Å²) in [6.07, 6.45) is 5.72. The van der Waals surface area contributed by atoms with Crippen LogP contribution in [0, 0.1) is 0 Å². The summed E-state index contributed by atoms with van der Waals surface area (Å²) in [5, 5.41) is 11.0. The summed E-state index contributed by atoms with van der Waals surface area (Å²) in [4.78, 5) is 35.7. The normalized spacial score (nSPS) is 18.0. The topological polar surface area (TPSA) is 83.4 Å². The molecule has 30 heavy (non-hydrogen) atoms. The van der Waals surface area contributed by atoms with Gasteiger partial charge in [0.2, 0.25) is 0 Å². The molecule has 0 aliphatic carbocycles. The Morgan fingerprint density at radius 2 is 1.73 bits per heavy atom. The molecule has 1 fully saturated rings. The lowest BCUT2D eigenvalue weighted by molar-refractivity contribution is -0.140. The maximum atomic E-state index is 13.0. The first-order valence-corrected chi connectivity index (χ1v) is 9.77. The Balaban J connectivity index is 1.83. The lowest BCUT2D eigenvalue weighted by Gasteiger charge is -2.25. The van der Waals surface area contributed by atoms with Crippen molar-refractivity contribution in [2.24, 2.45) is 0 Å². The van der Waals surface area contributed by atoms with Crippen molar-refractivity contribution in [2.45, 2.75) is 25.9 Å². The van der Waals surface area contributed by atoms with Crippen molar-refractivity contribution >= 4 is 17.4 Å². The van der Waals surface area contributed by atoms with Gasteiger partial charge in [-0.3, -0.25) is 19.6 Å². The second-order valence-corrected chi connectivity index (χ2v) is 7.08. The quantitative estimate of drug-likeness (QED) is 0.402. The van der Waals surface area contributed by atoms with Crippen LogP contribution in [0.15, 0.2) is 78.8 Å². The maximum absolute atomic E-state index is 13.0. The summed E-state index contributed by atoms with van der Waals surface area (Å²) in [7, 11) is 0. The molecule has 1 aliphatic heterocycles. The van der Waals surface area contributed by atoms with Crippen molar-refractivity contribution < 1.29 is 14.7 Å². The third-order valence-electron chi connectivity index (χ3n) is 5.26. The third kappa shape index (κ3) is 3.59. The van der Waals surface area contributed by atoms with E-state index in [0.717, 1.165) is 12.0 Å². The zero-order valence-electron chi connectivity index (χ0n) is 16.5. The van der Waals surface area contributed by atoms with Crippen LogP contribution < -0.4 is 0 Å². The van der Waals surface area contributed by atoms with E-state index < -0.39 is 17.7 Å². The van der Waals surface area contributed by atoms with E-state index in [9.17, 15) is 14.7 Å². The average Bonchev–Trinajstić information content (AvgIpc) is 3.05. The van der Waals surface area contributed by atoms with Gasteiger partial charge in [-0.1, -0.05) is 37.3 Å². The number of ketones is 1. The number of hydrogen-bond donors (Lipinski definition) is 1. The van der Waals surface area contributed by atoms with Crippen molar-refractivity contribution in [3.63, 3.8) is 0 Å². The third-order valence-corrected chi connectivity index (χ3v) is 5.26. The van der Waals surface area contributed by atoms with Gasteiger partial charge in [-0.05, 0) is 41.8 Å². The lowest BCUT2D eigenvalue weighted by Crippen LogP contribution is -2.29. The smallest absolute Gasteiger partial charge is 0.296 e. The van der Waals surface area contributed by atoms with Crippen LogP contribution >= 0.6 is 0 Å². The molecule has 1 atom stereocenters. The van der Waals surface area contributed by atoms with E-state index in [-0.39, 0.29) is 17.9 Å². The fourth-order valence-corrected chi connectivity index (χ4v) is 3.66. The van der Waals surface area contributed by atoms with Crippen molar-refractivity contribution in [2.75, 3.05) is 0 Å². The molecule has 0 radical (unpaired) electrons. The van der Waals surface area contributed by atoms with E-state index >= 15 is 0 Å². The van der Waals surface area contributed by atoms with Gasteiger partial charge in [-0.15, -0.1) is 0 Å². The molecule has 150 valence electrons. The number of Topliss-reactive ketones (excluding diaryl/α,β-unsaturated/α-hetero) is 1. The van der Waals surface area contributed by atoms with Gasteiger partial charge >= 0.3 is 0 Å². The van der Waals surface area contributed by atoms with Gasteiger partial charge < -0.3 is 10.0 Å². The molecule has 1 amide bonds. The fourth-order valence-electron chi connectivity index (χ4n) is 3.66. The van der Waals surface area contributed by atoms with Crippen LogP contribution in [0.25, 0.3) is 5.76 Å². The van der Waals surface area contributed by atoms with Gasteiger partial charge in [-0.2, -0.15) is 0 Å². The Labute approximate surface area is 174 Å². The number of benzene rings is 1. The molecule has 1 unspecified atom stereocenters. The first-order valence-electron chi connectivity index (χ1n) is 9.77. The number of aromatic nitrogens is 2. The average molecular weight is 399 g/mol. The standard InChI is InChI=1S/C24H21N3O3/c1-2-16-6-8-18(9-7-16)22(28)20-21(17-10-13-25-14-11-17)27(24(30)23(20)29)15-19-5-3-4-12-26-19/h3-14,21,28H,2,15H2,1H3/b22-20+. The monoisotopic (exact) mass is 399 g/mol. The van der Waals surface area contributed by atoms with Gasteiger partial charge in [-0.25, -0.2) is 0 Å². The zero-order chi connectivity index (χ0) is 21.1. The Morgan fingerprint density at radius 3 is 2.37 bits per heavy atom. The number of likely N-dealkylation sites (tertiary alicyclic amines) is 1. The second-order valence-electron chi connectivity index (χ2n) is 7.08. The van der Waals surface area contributed by atoms with E-state index in [2.05, 4.69) is 9.97 Å². The van der Waals surface area contributed by atoms with Crippen molar-refractivity contribution in [1.29, 1.82) is 0 Å². The molecule has 6 heteroatoms. The molecule has 0 saturated carbocycles. The van der Waals surface area contributed by atoms with Crippen LogP contribution in [0.4, 0.5) is 0 Å². The van der Waals surface area contributed by atoms with Crippen molar-refractivity contribution in [1.82, 2.24) is 14.9 Å². The molecular formula is C24H21N3O3. The predicted octanol–water partition coefficient (Wildman–Crippen LogP) is 3.66.